The number of rotatable bonds is 6. The first-order valence-corrected chi connectivity index (χ1v) is 10.5. The van der Waals surface area contributed by atoms with Crippen molar-refractivity contribution in [3.05, 3.63) is 66.2 Å². The number of piperidine rings is 1. The highest BCUT2D eigenvalue weighted by Crippen LogP contribution is 2.28. The molecule has 158 valence electrons. The highest BCUT2D eigenvalue weighted by Gasteiger charge is 2.23. The second-order valence-electron chi connectivity index (χ2n) is 7.74. The molecule has 1 atom stereocenters. The van der Waals surface area contributed by atoms with Gasteiger partial charge in [0.25, 0.3) is 5.91 Å². The fourth-order valence-corrected chi connectivity index (χ4v) is 3.81. The molecule has 0 spiro atoms. The Morgan fingerprint density at radius 1 is 1.23 bits per heavy atom. The third-order valence-corrected chi connectivity index (χ3v) is 5.38. The number of aromatic nitrogens is 3. The molecule has 0 aliphatic carbocycles. The van der Waals surface area contributed by atoms with E-state index in [2.05, 4.69) is 54.8 Å². The number of hydrogen-bond acceptors (Lipinski definition) is 7. The number of nitrogens with two attached hydrogens (primary N) is 1. The van der Waals surface area contributed by atoms with Crippen LogP contribution in [0.15, 0.2) is 55.0 Å². The van der Waals surface area contributed by atoms with Gasteiger partial charge in [-0.25, -0.2) is 4.98 Å². The van der Waals surface area contributed by atoms with Crippen LogP contribution in [-0.2, 0) is 6.54 Å². The third kappa shape index (κ3) is 5.18. The summed E-state index contributed by atoms with van der Waals surface area (Å²) in [6.07, 6.45) is 7.13. The zero-order valence-corrected chi connectivity index (χ0v) is 17.6. The van der Waals surface area contributed by atoms with E-state index in [9.17, 15) is 4.79 Å². The SMILES string of the molecule is Bc1cnc(N)c(C(=O)Nc2cnccc2N2CCCC(NCc3ccccc3)C2)n1. The number of carbonyl (C=O) groups excluding carboxylic acids is 1. The van der Waals surface area contributed by atoms with Crippen LogP contribution >= 0.6 is 0 Å². The molecule has 1 saturated heterocycles. The van der Waals surface area contributed by atoms with Gasteiger partial charge in [-0.05, 0) is 24.5 Å². The number of nitrogen functional groups attached to an aromatic ring is 1. The van der Waals surface area contributed by atoms with Crippen molar-refractivity contribution in [3.63, 3.8) is 0 Å². The van der Waals surface area contributed by atoms with Crippen LogP contribution in [-0.4, -0.2) is 47.8 Å². The summed E-state index contributed by atoms with van der Waals surface area (Å²) in [4.78, 5) is 27.5. The summed E-state index contributed by atoms with van der Waals surface area (Å²) in [6.45, 7) is 2.61. The first-order chi connectivity index (χ1) is 15.1. The van der Waals surface area contributed by atoms with Crippen molar-refractivity contribution in [2.24, 2.45) is 0 Å². The van der Waals surface area contributed by atoms with Crippen LogP contribution < -0.4 is 26.9 Å². The van der Waals surface area contributed by atoms with E-state index in [0.717, 1.165) is 38.2 Å². The second-order valence-corrected chi connectivity index (χ2v) is 7.74. The van der Waals surface area contributed by atoms with Gasteiger partial charge in [0.1, 0.15) is 0 Å². The number of amides is 1. The summed E-state index contributed by atoms with van der Waals surface area (Å²) < 4.78 is 0. The predicted molar refractivity (Wildman–Crippen MR) is 125 cm³/mol. The molecule has 3 aromatic rings. The Labute approximate surface area is 182 Å². The zero-order chi connectivity index (χ0) is 21.6. The van der Waals surface area contributed by atoms with Gasteiger partial charge in [-0.3, -0.25) is 14.8 Å². The molecule has 1 aromatic carbocycles. The minimum Gasteiger partial charge on any atom is -0.382 e. The van der Waals surface area contributed by atoms with Crippen LogP contribution in [0.5, 0.6) is 0 Å². The fraction of sp³-hybridized carbons (Fsp3) is 0.273. The van der Waals surface area contributed by atoms with E-state index in [4.69, 9.17) is 5.73 Å². The van der Waals surface area contributed by atoms with Gasteiger partial charge in [-0.1, -0.05) is 30.3 Å². The lowest BCUT2D eigenvalue weighted by Crippen LogP contribution is -2.45. The Morgan fingerprint density at radius 2 is 2.06 bits per heavy atom. The van der Waals surface area contributed by atoms with Gasteiger partial charge in [-0.15, -0.1) is 0 Å². The molecule has 1 fully saturated rings. The molecule has 1 aliphatic heterocycles. The molecule has 2 aromatic heterocycles. The van der Waals surface area contributed by atoms with Crippen LogP contribution in [0.25, 0.3) is 0 Å². The van der Waals surface area contributed by atoms with Crippen molar-refractivity contribution in [3.8, 4) is 0 Å². The quantitative estimate of drug-likeness (QED) is 0.509. The number of pyridine rings is 1. The predicted octanol–water partition coefficient (Wildman–Crippen LogP) is 0.723. The van der Waals surface area contributed by atoms with Gasteiger partial charge in [-0.2, -0.15) is 0 Å². The van der Waals surface area contributed by atoms with Crippen molar-refractivity contribution < 1.29 is 4.79 Å². The molecule has 4 N–H and O–H groups in total. The Bertz CT molecular complexity index is 1050. The Morgan fingerprint density at radius 3 is 2.90 bits per heavy atom. The van der Waals surface area contributed by atoms with Gasteiger partial charge < -0.3 is 21.3 Å². The van der Waals surface area contributed by atoms with E-state index in [1.807, 2.05) is 12.1 Å². The van der Waals surface area contributed by atoms with Crippen LogP contribution in [0.4, 0.5) is 17.2 Å². The zero-order valence-electron chi connectivity index (χ0n) is 17.6. The minimum absolute atomic E-state index is 0.108. The standard InChI is InChI=1S/C22H26BN7O/c23-19-13-27-21(24)20(29-19)22(31)28-17-12-25-9-8-18(17)30-10-4-7-16(14-30)26-11-15-5-2-1-3-6-15/h1-3,5-6,8-9,12-13,16,26H,4,7,10-11,14,23H2,(H2,24,27)(H,28,31). The van der Waals surface area contributed by atoms with Gasteiger partial charge in [0.05, 0.1) is 17.6 Å². The van der Waals surface area contributed by atoms with Gasteiger partial charge in [0.2, 0.25) is 0 Å². The molecule has 8 nitrogen and oxygen atoms in total. The minimum atomic E-state index is -0.390. The topological polar surface area (TPSA) is 109 Å². The van der Waals surface area contributed by atoms with Crippen molar-refractivity contribution in [1.82, 2.24) is 20.3 Å². The average Bonchev–Trinajstić information content (AvgIpc) is 2.80. The molecule has 1 aliphatic rings. The summed E-state index contributed by atoms with van der Waals surface area (Å²) in [5.74, 6) is -0.282. The van der Waals surface area contributed by atoms with Crippen molar-refractivity contribution in [2.75, 3.05) is 29.0 Å². The van der Waals surface area contributed by atoms with Crippen LogP contribution in [0.1, 0.15) is 28.9 Å². The van der Waals surface area contributed by atoms with E-state index >= 15 is 0 Å². The summed E-state index contributed by atoms with van der Waals surface area (Å²) in [5.41, 5.74) is 9.46. The van der Waals surface area contributed by atoms with Crippen molar-refractivity contribution in [1.29, 1.82) is 0 Å². The molecule has 0 saturated carbocycles. The summed E-state index contributed by atoms with van der Waals surface area (Å²) in [5, 5.41) is 6.58. The molecule has 4 rings (SSSR count). The lowest BCUT2D eigenvalue weighted by Gasteiger charge is -2.35. The van der Waals surface area contributed by atoms with E-state index in [-0.39, 0.29) is 11.5 Å². The van der Waals surface area contributed by atoms with Crippen LogP contribution in [0, 0.1) is 0 Å². The summed E-state index contributed by atoms with van der Waals surface area (Å²) >= 11 is 0. The highest BCUT2D eigenvalue weighted by molar-refractivity contribution is 6.30. The maximum Gasteiger partial charge on any atom is 0.278 e. The van der Waals surface area contributed by atoms with E-state index in [1.54, 1.807) is 20.2 Å². The maximum absolute atomic E-state index is 12.8. The van der Waals surface area contributed by atoms with Crippen molar-refractivity contribution in [2.45, 2.75) is 25.4 Å². The molecule has 9 heteroatoms. The lowest BCUT2D eigenvalue weighted by atomic mass is 10.0. The lowest BCUT2D eigenvalue weighted by molar-refractivity contribution is 0.102. The monoisotopic (exact) mass is 415 g/mol. The van der Waals surface area contributed by atoms with E-state index in [0.29, 0.717) is 17.3 Å². The molecule has 3 heterocycles. The normalized spacial score (nSPS) is 16.1. The number of hydrogen-bond donors (Lipinski definition) is 3. The molecule has 1 unspecified atom stereocenters. The number of benzene rings is 1. The molecular formula is C22H26BN7O. The average molecular weight is 415 g/mol. The second kappa shape index (κ2) is 9.57. The Kier molecular flexibility index (Phi) is 6.42. The molecule has 1 amide bonds. The Hall–Kier alpha value is -3.46. The first-order valence-electron chi connectivity index (χ1n) is 10.5. The summed E-state index contributed by atoms with van der Waals surface area (Å²) in [6, 6.07) is 12.7. The third-order valence-electron chi connectivity index (χ3n) is 5.38. The molecule has 0 radical (unpaired) electrons. The number of anilines is 3. The maximum atomic E-state index is 12.8. The van der Waals surface area contributed by atoms with Crippen LogP contribution in [0.2, 0.25) is 0 Å². The van der Waals surface area contributed by atoms with Gasteiger partial charge in [0.15, 0.2) is 19.4 Å². The van der Waals surface area contributed by atoms with Gasteiger partial charge >= 0.3 is 0 Å². The molecule has 31 heavy (non-hydrogen) atoms. The number of carbonyl (C=O) groups is 1. The van der Waals surface area contributed by atoms with E-state index < -0.39 is 5.91 Å². The number of nitrogens with one attached hydrogen (secondary N) is 2. The molecule has 0 bridgehead atoms. The largest absolute Gasteiger partial charge is 0.382 e. The summed E-state index contributed by atoms with van der Waals surface area (Å²) in [7, 11) is 1.77. The Balaban J connectivity index is 1.46. The van der Waals surface area contributed by atoms with E-state index in [1.165, 1.54) is 11.8 Å². The first kappa shape index (κ1) is 20.8. The van der Waals surface area contributed by atoms with Crippen molar-refractivity contribution >= 4 is 36.5 Å². The number of nitrogens with zero attached hydrogens (tertiary/aromatic N) is 4. The van der Waals surface area contributed by atoms with Gasteiger partial charge in [0, 0.05) is 43.7 Å². The van der Waals surface area contributed by atoms with Crippen LogP contribution in [0.3, 0.4) is 0 Å². The highest BCUT2D eigenvalue weighted by atomic mass is 16.1. The fourth-order valence-electron chi connectivity index (χ4n) is 3.81. The molecular weight excluding hydrogens is 389 g/mol. The smallest absolute Gasteiger partial charge is 0.278 e.